The van der Waals surface area contributed by atoms with E-state index < -0.39 is 0 Å². The molecule has 4 atom stereocenters. The third-order valence-electron chi connectivity index (χ3n) is 6.78. The van der Waals surface area contributed by atoms with E-state index in [2.05, 4.69) is 35.7 Å². The standard InChI is InChI=1S/C20H33N3O/c1-4-6-18-7-5-8-20-17-9-16(11-23(18)20)10-22(12-17)13-19-14(2)21-24-15(19)3/h16-18,20H,4-13H2,1-3H3/t16-,17+,18-,20-/m0/s1. The van der Waals surface area contributed by atoms with Crippen LogP contribution in [0.1, 0.15) is 62.5 Å². The van der Waals surface area contributed by atoms with Crippen LogP contribution in [0.15, 0.2) is 4.52 Å². The van der Waals surface area contributed by atoms with Crippen LogP contribution in [-0.2, 0) is 6.54 Å². The normalized spacial score (nSPS) is 34.3. The molecule has 0 unspecified atom stereocenters. The molecule has 0 aromatic carbocycles. The smallest absolute Gasteiger partial charge is 0.138 e. The van der Waals surface area contributed by atoms with Crippen LogP contribution < -0.4 is 0 Å². The summed E-state index contributed by atoms with van der Waals surface area (Å²) in [4.78, 5) is 5.62. The van der Waals surface area contributed by atoms with Crippen LogP contribution in [-0.4, -0.2) is 46.7 Å². The lowest BCUT2D eigenvalue weighted by atomic mass is 9.74. The van der Waals surface area contributed by atoms with E-state index in [0.717, 1.165) is 41.9 Å². The van der Waals surface area contributed by atoms with E-state index in [4.69, 9.17) is 4.52 Å². The van der Waals surface area contributed by atoms with E-state index in [1.807, 2.05) is 0 Å². The fraction of sp³-hybridized carbons (Fsp3) is 0.850. The monoisotopic (exact) mass is 331 g/mol. The second-order valence-corrected chi connectivity index (χ2v) is 8.50. The van der Waals surface area contributed by atoms with Gasteiger partial charge < -0.3 is 4.52 Å². The summed E-state index contributed by atoms with van der Waals surface area (Å²) in [5.74, 6) is 2.74. The fourth-order valence-electron chi connectivity index (χ4n) is 5.74. The minimum atomic E-state index is 0.846. The van der Waals surface area contributed by atoms with Crippen LogP contribution >= 0.6 is 0 Å². The first-order chi connectivity index (χ1) is 11.7. The molecule has 2 bridgehead atoms. The molecule has 0 saturated carbocycles. The lowest BCUT2D eigenvalue weighted by molar-refractivity contribution is -0.0598. The van der Waals surface area contributed by atoms with Crippen molar-refractivity contribution in [3.8, 4) is 0 Å². The quantitative estimate of drug-likeness (QED) is 0.841. The predicted octanol–water partition coefficient (Wildman–Crippen LogP) is 3.77. The Labute approximate surface area is 146 Å². The van der Waals surface area contributed by atoms with Crippen molar-refractivity contribution in [2.45, 2.75) is 77.9 Å². The highest BCUT2D eigenvalue weighted by atomic mass is 16.5. The van der Waals surface area contributed by atoms with Gasteiger partial charge in [-0.05, 0) is 51.4 Å². The van der Waals surface area contributed by atoms with E-state index in [0.29, 0.717) is 0 Å². The van der Waals surface area contributed by atoms with Gasteiger partial charge in [0.2, 0.25) is 0 Å². The van der Waals surface area contributed by atoms with Gasteiger partial charge in [-0.2, -0.15) is 0 Å². The first kappa shape index (κ1) is 16.6. The number of likely N-dealkylation sites (tertiary alicyclic amines) is 1. The van der Waals surface area contributed by atoms with Gasteiger partial charge in [0, 0.05) is 43.8 Å². The first-order valence-electron chi connectivity index (χ1n) is 10.1. The zero-order chi connectivity index (χ0) is 16.7. The van der Waals surface area contributed by atoms with E-state index >= 15 is 0 Å². The predicted molar refractivity (Wildman–Crippen MR) is 95.9 cm³/mol. The second-order valence-electron chi connectivity index (χ2n) is 8.50. The highest BCUT2D eigenvalue weighted by molar-refractivity contribution is 5.20. The van der Waals surface area contributed by atoms with Gasteiger partial charge in [0.05, 0.1) is 5.69 Å². The lowest BCUT2D eigenvalue weighted by Gasteiger charge is -2.55. The van der Waals surface area contributed by atoms with Crippen LogP contribution in [0.3, 0.4) is 0 Å². The number of piperidine rings is 3. The average molecular weight is 332 g/mol. The van der Waals surface area contributed by atoms with Crippen LogP contribution in [0, 0.1) is 25.7 Å². The van der Waals surface area contributed by atoms with Crippen molar-refractivity contribution >= 4 is 0 Å². The maximum Gasteiger partial charge on any atom is 0.138 e. The van der Waals surface area contributed by atoms with Crippen molar-refractivity contribution in [1.29, 1.82) is 0 Å². The topological polar surface area (TPSA) is 32.5 Å². The summed E-state index contributed by atoms with van der Waals surface area (Å²) in [6.45, 7) is 11.4. The van der Waals surface area contributed by atoms with Crippen LogP contribution in [0.2, 0.25) is 0 Å². The van der Waals surface area contributed by atoms with Gasteiger partial charge in [-0.1, -0.05) is 24.9 Å². The molecule has 0 amide bonds. The molecule has 0 N–H and O–H groups in total. The maximum atomic E-state index is 5.37. The van der Waals surface area contributed by atoms with E-state index in [1.54, 1.807) is 0 Å². The van der Waals surface area contributed by atoms with Crippen molar-refractivity contribution in [3.63, 3.8) is 0 Å². The largest absolute Gasteiger partial charge is 0.361 e. The molecule has 4 heteroatoms. The summed E-state index contributed by atoms with van der Waals surface area (Å²) in [6, 6.07) is 1.71. The van der Waals surface area contributed by atoms with Gasteiger partial charge in [-0.15, -0.1) is 0 Å². The third-order valence-corrected chi connectivity index (χ3v) is 6.78. The second kappa shape index (κ2) is 6.80. The number of rotatable bonds is 4. The molecular weight excluding hydrogens is 298 g/mol. The molecule has 134 valence electrons. The molecule has 3 saturated heterocycles. The molecular formula is C20H33N3O. The van der Waals surface area contributed by atoms with Crippen LogP contribution in [0.25, 0.3) is 0 Å². The van der Waals surface area contributed by atoms with Crippen molar-refractivity contribution < 1.29 is 4.52 Å². The lowest BCUT2D eigenvalue weighted by Crippen LogP contribution is -2.61. The summed E-state index contributed by atoms with van der Waals surface area (Å²) >= 11 is 0. The summed E-state index contributed by atoms with van der Waals surface area (Å²) in [5, 5.41) is 4.14. The number of hydrogen-bond acceptors (Lipinski definition) is 4. The summed E-state index contributed by atoms with van der Waals surface area (Å²) in [6.07, 6.45) is 8.50. The van der Waals surface area contributed by atoms with Gasteiger partial charge in [-0.3, -0.25) is 9.80 Å². The first-order valence-corrected chi connectivity index (χ1v) is 10.1. The van der Waals surface area contributed by atoms with Crippen molar-refractivity contribution in [1.82, 2.24) is 15.0 Å². The Morgan fingerprint density at radius 2 is 2.04 bits per heavy atom. The molecule has 1 aromatic heterocycles. The van der Waals surface area contributed by atoms with E-state index in [9.17, 15) is 0 Å². The Morgan fingerprint density at radius 3 is 2.79 bits per heavy atom. The number of fused-ring (bicyclic) bond motifs is 4. The molecule has 3 fully saturated rings. The molecule has 3 aliphatic rings. The Bertz CT molecular complexity index is 548. The van der Waals surface area contributed by atoms with Crippen LogP contribution in [0.4, 0.5) is 0 Å². The van der Waals surface area contributed by atoms with Gasteiger partial charge in [0.25, 0.3) is 0 Å². The number of aryl methyl sites for hydroxylation is 2. The summed E-state index contributed by atoms with van der Waals surface area (Å²) in [5.41, 5.74) is 2.39. The number of nitrogens with zero attached hydrogens (tertiary/aromatic N) is 3. The minimum absolute atomic E-state index is 0.846. The molecule has 0 spiro atoms. The highest BCUT2D eigenvalue weighted by Crippen LogP contribution is 2.40. The summed E-state index contributed by atoms with van der Waals surface area (Å²) in [7, 11) is 0. The summed E-state index contributed by atoms with van der Waals surface area (Å²) < 4.78 is 5.37. The maximum absolute atomic E-state index is 5.37. The zero-order valence-electron chi connectivity index (χ0n) is 15.6. The molecule has 4 rings (SSSR count). The van der Waals surface area contributed by atoms with Crippen molar-refractivity contribution in [3.05, 3.63) is 17.0 Å². The van der Waals surface area contributed by atoms with Gasteiger partial charge in [-0.25, -0.2) is 0 Å². The van der Waals surface area contributed by atoms with Crippen molar-refractivity contribution in [2.24, 2.45) is 11.8 Å². The molecule has 4 heterocycles. The molecule has 4 nitrogen and oxygen atoms in total. The Kier molecular flexibility index (Phi) is 4.70. The Morgan fingerprint density at radius 1 is 1.17 bits per heavy atom. The van der Waals surface area contributed by atoms with Gasteiger partial charge >= 0.3 is 0 Å². The van der Waals surface area contributed by atoms with Gasteiger partial charge in [0.1, 0.15) is 5.76 Å². The molecule has 3 aliphatic heterocycles. The number of hydrogen-bond donors (Lipinski definition) is 0. The Balaban J connectivity index is 1.46. The highest BCUT2D eigenvalue weighted by Gasteiger charge is 2.44. The van der Waals surface area contributed by atoms with E-state index in [-0.39, 0.29) is 0 Å². The SMILES string of the molecule is CCC[C@H]1CCC[C@H]2[C@@H]3C[C@@H](CN(Cc4c(C)noc4C)C3)CN12. The number of aromatic nitrogens is 1. The minimum Gasteiger partial charge on any atom is -0.361 e. The molecule has 0 radical (unpaired) electrons. The molecule has 0 aliphatic carbocycles. The average Bonchev–Trinajstić information content (AvgIpc) is 2.88. The van der Waals surface area contributed by atoms with E-state index in [1.165, 1.54) is 63.7 Å². The Hall–Kier alpha value is -0.870. The third kappa shape index (κ3) is 3.03. The van der Waals surface area contributed by atoms with Gasteiger partial charge in [0.15, 0.2) is 0 Å². The van der Waals surface area contributed by atoms with Crippen LogP contribution in [0.5, 0.6) is 0 Å². The molecule has 1 aromatic rings. The molecule has 24 heavy (non-hydrogen) atoms. The zero-order valence-corrected chi connectivity index (χ0v) is 15.6. The fourth-order valence-corrected chi connectivity index (χ4v) is 5.74. The van der Waals surface area contributed by atoms with Crippen molar-refractivity contribution in [2.75, 3.05) is 19.6 Å².